The minimum atomic E-state index is -0.386. The molecule has 0 radical (unpaired) electrons. The third-order valence-corrected chi connectivity index (χ3v) is 3.91. The zero-order valence-corrected chi connectivity index (χ0v) is 13.0. The first-order valence-corrected chi connectivity index (χ1v) is 7.93. The summed E-state index contributed by atoms with van der Waals surface area (Å²) < 4.78 is 5.78. The van der Waals surface area contributed by atoms with Crippen molar-refractivity contribution in [1.82, 2.24) is 0 Å². The number of hydrogen-bond acceptors (Lipinski definition) is 3. The first-order valence-electron chi connectivity index (χ1n) is 7.93. The van der Waals surface area contributed by atoms with E-state index in [4.69, 9.17) is 4.74 Å². The Kier molecular flexibility index (Phi) is 5.62. The molecule has 21 heavy (non-hydrogen) atoms. The van der Waals surface area contributed by atoms with Crippen molar-refractivity contribution < 1.29 is 14.6 Å². The van der Waals surface area contributed by atoms with Crippen LogP contribution in [0.5, 0.6) is 5.75 Å². The minimum Gasteiger partial charge on any atom is -0.478 e. The number of fused-ring (bicyclic) bond motifs is 1. The molecule has 1 aromatic carbocycles. The van der Waals surface area contributed by atoms with Crippen molar-refractivity contribution in [3.8, 4) is 5.75 Å². The first kappa shape index (κ1) is 15.8. The van der Waals surface area contributed by atoms with E-state index in [1.54, 1.807) is 0 Å². The number of aliphatic hydroxyl groups excluding tert-OH is 1. The van der Waals surface area contributed by atoms with E-state index in [0.29, 0.717) is 6.42 Å². The summed E-state index contributed by atoms with van der Waals surface area (Å²) >= 11 is 0. The van der Waals surface area contributed by atoms with Crippen molar-refractivity contribution in [2.24, 2.45) is 0 Å². The highest BCUT2D eigenvalue weighted by atomic mass is 16.5. The summed E-state index contributed by atoms with van der Waals surface area (Å²) in [4.78, 5) is 14.4. The van der Waals surface area contributed by atoms with Gasteiger partial charge in [0.1, 0.15) is 5.75 Å². The molecule has 0 aromatic heterocycles. The largest absolute Gasteiger partial charge is 0.478 e. The Morgan fingerprint density at radius 1 is 1.24 bits per heavy atom. The van der Waals surface area contributed by atoms with Gasteiger partial charge in [0.25, 0.3) is 5.91 Å². The second kappa shape index (κ2) is 7.46. The fourth-order valence-electron chi connectivity index (χ4n) is 2.65. The van der Waals surface area contributed by atoms with E-state index in [-0.39, 0.29) is 18.6 Å². The van der Waals surface area contributed by atoms with E-state index >= 15 is 0 Å². The second-order valence-corrected chi connectivity index (χ2v) is 5.53. The number of anilines is 1. The Morgan fingerprint density at radius 3 is 2.71 bits per heavy atom. The predicted molar refractivity (Wildman–Crippen MR) is 83.6 cm³/mol. The molecule has 2 rings (SSSR count). The van der Waals surface area contributed by atoms with Crippen LogP contribution in [0.25, 0.3) is 0 Å². The third kappa shape index (κ3) is 3.56. The molecule has 116 valence electrons. The summed E-state index contributed by atoms with van der Waals surface area (Å²) in [5, 5.41) is 9.29. The summed E-state index contributed by atoms with van der Waals surface area (Å²) in [6, 6.07) is 5.56. The maximum atomic E-state index is 12.5. The van der Waals surface area contributed by atoms with Crippen LogP contribution in [0.3, 0.4) is 0 Å². The molecule has 0 bridgehead atoms. The number of carbonyl (C=O) groups excluding carboxylic acids is 1. The lowest BCUT2D eigenvalue weighted by molar-refractivity contribution is -0.126. The van der Waals surface area contributed by atoms with E-state index < -0.39 is 0 Å². The quantitative estimate of drug-likeness (QED) is 0.784. The molecule has 0 saturated carbocycles. The van der Waals surface area contributed by atoms with Crippen molar-refractivity contribution in [2.45, 2.75) is 58.7 Å². The molecule has 0 aliphatic carbocycles. The van der Waals surface area contributed by atoms with Gasteiger partial charge in [0.2, 0.25) is 0 Å². The van der Waals surface area contributed by atoms with Crippen LogP contribution in [0.2, 0.25) is 0 Å². The standard InChI is InChI=1S/C17H25NO3/c1-3-5-6-7-10-18-14-11-13(12-19)8-9-16(14)21-15(4-2)17(18)20/h8-9,11,15,19H,3-7,10,12H2,1-2H3. The lowest BCUT2D eigenvalue weighted by Gasteiger charge is -2.34. The fourth-order valence-corrected chi connectivity index (χ4v) is 2.65. The van der Waals surface area contributed by atoms with E-state index in [9.17, 15) is 9.90 Å². The van der Waals surface area contributed by atoms with Crippen molar-refractivity contribution in [3.63, 3.8) is 0 Å². The molecule has 0 fully saturated rings. The number of unbranched alkanes of at least 4 members (excludes halogenated alkanes) is 3. The smallest absolute Gasteiger partial charge is 0.268 e. The highest BCUT2D eigenvalue weighted by Crippen LogP contribution is 2.35. The summed E-state index contributed by atoms with van der Waals surface area (Å²) in [7, 11) is 0. The average Bonchev–Trinajstić information content (AvgIpc) is 2.52. The van der Waals surface area contributed by atoms with Crippen LogP contribution in [0, 0.1) is 0 Å². The molecule has 1 atom stereocenters. The van der Waals surface area contributed by atoms with Crippen molar-refractivity contribution in [1.29, 1.82) is 0 Å². The van der Waals surface area contributed by atoms with E-state index in [2.05, 4.69) is 6.92 Å². The average molecular weight is 291 g/mol. The van der Waals surface area contributed by atoms with Gasteiger partial charge < -0.3 is 14.7 Å². The molecule has 1 N–H and O–H groups in total. The lowest BCUT2D eigenvalue weighted by Crippen LogP contribution is -2.46. The molecule has 4 heteroatoms. The second-order valence-electron chi connectivity index (χ2n) is 5.53. The molecule has 1 amide bonds. The Balaban J connectivity index is 2.21. The van der Waals surface area contributed by atoms with Gasteiger partial charge in [0, 0.05) is 6.54 Å². The Bertz CT molecular complexity index is 487. The number of aliphatic hydroxyl groups is 1. The zero-order chi connectivity index (χ0) is 15.2. The zero-order valence-electron chi connectivity index (χ0n) is 13.0. The molecule has 0 saturated heterocycles. The van der Waals surface area contributed by atoms with Crippen LogP contribution in [0.1, 0.15) is 51.5 Å². The topological polar surface area (TPSA) is 49.8 Å². The van der Waals surface area contributed by atoms with Crippen LogP contribution >= 0.6 is 0 Å². The van der Waals surface area contributed by atoms with Crippen molar-refractivity contribution in [3.05, 3.63) is 23.8 Å². The lowest BCUT2D eigenvalue weighted by atomic mass is 10.1. The van der Waals surface area contributed by atoms with Crippen LogP contribution < -0.4 is 9.64 Å². The Hall–Kier alpha value is -1.55. The van der Waals surface area contributed by atoms with Crippen LogP contribution in [-0.2, 0) is 11.4 Å². The summed E-state index contributed by atoms with van der Waals surface area (Å²) in [6.45, 7) is 4.84. The molecule has 4 nitrogen and oxygen atoms in total. The van der Waals surface area contributed by atoms with Crippen LogP contribution in [0.4, 0.5) is 5.69 Å². The van der Waals surface area contributed by atoms with Gasteiger partial charge >= 0.3 is 0 Å². The molecule has 1 aliphatic rings. The molecule has 1 aromatic rings. The van der Waals surface area contributed by atoms with Gasteiger partial charge in [-0.05, 0) is 30.5 Å². The van der Waals surface area contributed by atoms with Gasteiger partial charge in [-0.15, -0.1) is 0 Å². The number of carbonyl (C=O) groups is 1. The van der Waals surface area contributed by atoms with Crippen LogP contribution in [0.15, 0.2) is 18.2 Å². The number of benzene rings is 1. The number of rotatable bonds is 7. The van der Waals surface area contributed by atoms with Gasteiger partial charge in [-0.1, -0.05) is 39.2 Å². The molecule has 1 aliphatic heterocycles. The van der Waals surface area contributed by atoms with Gasteiger partial charge in [-0.3, -0.25) is 4.79 Å². The van der Waals surface area contributed by atoms with E-state index in [1.807, 2.05) is 30.0 Å². The predicted octanol–water partition coefficient (Wildman–Crippen LogP) is 3.26. The van der Waals surface area contributed by atoms with Gasteiger partial charge in [0.05, 0.1) is 12.3 Å². The monoisotopic (exact) mass is 291 g/mol. The highest BCUT2D eigenvalue weighted by Gasteiger charge is 2.32. The molecular formula is C17H25NO3. The molecular weight excluding hydrogens is 266 g/mol. The molecule has 0 spiro atoms. The molecule has 1 unspecified atom stereocenters. The van der Waals surface area contributed by atoms with Crippen molar-refractivity contribution >= 4 is 11.6 Å². The summed E-state index contributed by atoms with van der Waals surface area (Å²) in [5.41, 5.74) is 1.60. The normalized spacial score (nSPS) is 17.6. The highest BCUT2D eigenvalue weighted by molar-refractivity contribution is 6.00. The number of ether oxygens (including phenoxy) is 1. The van der Waals surface area contributed by atoms with E-state index in [0.717, 1.165) is 36.4 Å². The first-order chi connectivity index (χ1) is 10.2. The Labute approximate surface area is 126 Å². The summed E-state index contributed by atoms with van der Waals surface area (Å²) in [5.74, 6) is 0.783. The fraction of sp³-hybridized carbons (Fsp3) is 0.588. The Morgan fingerprint density at radius 2 is 2.05 bits per heavy atom. The third-order valence-electron chi connectivity index (χ3n) is 3.91. The number of nitrogens with zero attached hydrogens (tertiary/aromatic N) is 1. The number of hydrogen-bond donors (Lipinski definition) is 1. The minimum absolute atomic E-state index is 0.0254. The van der Waals surface area contributed by atoms with Gasteiger partial charge in [0.15, 0.2) is 6.10 Å². The number of amides is 1. The van der Waals surface area contributed by atoms with Crippen LogP contribution in [-0.4, -0.2) is 23.7 Å². The molecule has 1 heterocycles. The van der Waals surface area contributed by atoms with E-state index in [1.165, 1.54) is 12.8 Å². The van der Waals surface area contributed by atoms with Gasteiger partial charge in [-0.25, -0.2) is 0 Å². The maximum Gasteiger partial charge on any atom is 0.268 e. The maximum absolute atomic E-state index is 12.5. The SMILES string of the molecule is CCCCCCN1C(=O)C(CC)Oc2ccc(CO)cc21. The summed E-state index contributed by atoms with van der Waals surface area (Å²) in [6.07, 6.45) is 4.79. The van der Waals surface area contributed by atoms with Crippen molar-refractivity contribution in [2.75, 3.05) is 11.4 Å². The van der Waals surface area contributed by atoms with Gasteiger partial charge in [-0.2, -0.15) is 0 Å².